The molecule has 8 rings (SSSR count). The molecule has 0 saturated heterocycles. The Balaban J connectivity index is -0.000000106. The first-order chi connectivity index (χ1) is 36.0. The molecule has 0 bridgehead atoms. The van der Waals surface area contributed by atoms with Crippen LogP contribution in [0.5, 0.6) is 5.75 Å². The number of esters is 3. The number of methoxy groups -OCH3 is 2. The van der Waals surface area contributed by atoms with Crippen LogP contribution in [0.4, 0.5) is 0 Å². The minimum absolute atomic E-state index is 0. The molecule has 82 heavy (non-hydrogen) atoms. The summed E-state index contributed by atoms with van der Waals surface area (Å²) in [7, 11) is 2.74. The quantitative estimate of drug-likeness (QED) is 0.0992. The number of hydrogen-bond acceptors (Lipinski definition) is 6. The maximum atomic E-state index is 11.6. The van der Waals surface area contributed by atoms with Crippen molar-refractivity contribution in [1.82, 2.24) is 0 Å². The minimum Gasteiger partial charge on any atom is -0.465 e. The van der Waals surface area contributed by atoms with Crippen LogP contribution in [0.1, 0.15) is 156 Å². The fourth-order valence-corrected chi connectivity index (χ4v) is 4.88. The van der Waals surface area contributed by atoms with Crippen LogP contribution in [-0.4, -0.2) is 32.1 Å². The number of rotatable bonds is 4. The van der Waals surface area contributed by atoms with Crippen molar-refractivity contribution in [3.8, 4) is 5.75 Å². The first-order valence-corrected chi connectivity index (χ1v) is 26.4. The molecule has 9 heteroatoms. The van der Waals surface area contributed by atoms with Gasteiger partial charge in [0.25, 0.3) is 0 Å². The fourth-order valence-electron chi connectivity index (χ4n) is 4.88. The Labute approximate surface area is 578 Å². The van der Waals surface area contributed by atoms with Crippen molar-refractivity contribution in [2.45, 2.75) is 125 Å². The maximum absolute atomic E-state index is 11.6. The standard InChI is InChI=1S/C13H10O2.2C10H8.2C8H8O2.3C5H12.3C2H6.3CH3.3Y/c14-13(11-7-3-1-4-8-11)15-12-9-5-2-6-10-12;2*1-2-6-10-8-4-3-7-9(10)5-1;2*1-10-8(9)7-5-3-2-4-6-7;3*1-5(2,3)4;3*1-2;;;;;;/h1-10H;2*1-8H;2*2-6H,1H3;3*1-4H3;3*1-2H3;3*1H3;;;/q;;;;;;;;;;;3*-1;;;. The van der Waals surface area contributed by atoms with Gasteiger partial charge in [-0.1, -0.05) is 294 Å². The Kier molecular flexibility index (Phi) is 71.2. The van der Waals surface area contributed by atoms with E-state index in [1.54, 1.807) is 72.8 Å². The van der Waals surface area contributed by atoms with Crippen LogP contribution in [-0.2, 0) is 108 Å². The summed E-state index contributed by atoms with van der Waals surface area (Å²) in [5.74, 6) is -0.352. The monoisotopic (exact) mass is 1340 g/mol. The van der Waals surface area contributed by atoms with Crippen LogP contribution in [0.2, 0.25) is 0 Å². The summed E-state index contributed by atoms with van der Waals surface area (Å²) in [6.45, 7) is 38.2. The summed E-state index contributed by atoms with van der Waals surface area (Å²) in [6.07, 6.45) is 0. The average Bonchev–Trinajstić information content (AvgIpc) is 3.42. The molecule has 6 nitrogen and oxygen atoms in total. The van der Waals surface area contributed by atoms with Crippen LogP contribution >= 0.6 is 0 Å². The van der Waals surface area contributed by atoms with E-state index in [0.29, 0.717) is 38.7 Å². The molecule has 0 aromatic heterocycles. The molecule has 3 radical (unpaired) electrons. The van der Waals surface area contributed by atoms with E-state index in [0.717, 1.165) is 0 Å². The molecule has 0 aliphatic carbocycles. The molecule has 0 spiro atoms. The molecule has 445 valence electrons. The summed E-state index contributed by atoms with van der Waals surface area (Å²) in [5, 5.41) is 5.24. The first-order valence-electron chi connectivity index (χ1n) is 26.4. The Hall–Kier alpha value is -4.00. The average molecular weight is 1350 g/mol. The molecule has 0 fully saturated rings. The smallest absolute Gasteiger partial charge is 0.343 e. The van der Waals surface area contributed by atoms with Crippen LogP contribution in [0.25, 0.3) is 21.5 Å². The van der Waals surface area contributed by atoms with Crippen molar-refractivity contribution in [2.75, 3.05) is 14.2 Å². The van der Waals surface area contributed by atoms with Gasteiger partial charge < -0.3 is 36.5 Å². The second-order valence-electron chi connectivity index (χ2n) is 20.5. The van der Waals surface area contributed by atoms with Gasteiger partial charge in [0.2, 0.25) is 0 Å². The molecule has 8 aromatic rings. The summed E-state index contributed by atoms with van der Waals surface area (Å²) in [5.41, 5.74) is 3.23. The third-order valence-corrected chi connectivity index (χ3v) is 7.67. The van der Waals surface area contributed by atoms with Gasteiger partial charge in [0, 0.05) is 98.1 Å². The van der Waals surface area contributed by atoms with E-state index in [2.05, 4.69) is 190 Å². The van der Waals surface area contributed by atoms with E-state index in [4.69, 9.17) is 4.74 Å². The third kappa shape index (κ3) is 60.6. The molecule has 0 aliphatic rings. The second kappa shape index (κ2) is 60.1. The summed E-state index contributed by atoms with van der Waals surface area (Å²) in [4.78, 5) is 33.2. The van der Waals surface area contributed by atoms with E-state index in [-0.39, 0.29) is 138 Å². The van der Waals surface area contributed by atoms with Gasteiger partial charge in [-0.15, -0.1) is 0 Å². The van der Waals surface area contributed by atoms with Crippen LogP contribution in [0.3, 0.4) is 0 Å². The second-order valence-corrected chi connectivity index (χ2v) is 20.5. The number of carbonyl (C=O) groups is 3. The fraction of sp³-hybridized carbons (Fsp3) is 0.315. The van der Waals surface area contributed by atoms with Gasteiger partial charge in [-0.2, -0.15) is 0 Å². The van der Waals surface area contributed by atoms with Crippen molar-refractivity contribution in [3.05, 3.63) is 257 Å². The van der Waals surface area contributed by atoms with Crippen molar-refractivity contribution in [1.29, 1.82) is 0 Å². The molecule has 0 saturated carbocycles. The molecule has 0 amide bonds. The Bertz CT molecular complexity index is 2320. The van der Waals surface area contributed by atoms with Gasteiger partial charge in [-0.05, 0) is 86.3 Å². The Morgan fingerprint density at radius 1 is 0.268 bits per heavy atom. The van der Waals surface area contributed by atoms with Gasteiger partial charge in [0.1, 0.15) is 5.75 Å². The molecular weight excluding hydrogens is 1240 g/mol. The zero-order chi connectivity index (χ0) is 58.4. The Morgan fingerprint density at radius 2 is 0.415 bits per heavy atom. The summed E-state index contributed by atoms with van der Waals surface area (Å²) >= 11 is 0. The van der Waals surface area contributed by atoms with E-state index < -0.39 is 0 Å². The van der Waals surface area contributed by atoms with Crippen molar-refractivity contribution < 1.29 is 127 Å². The largest absolute Gasteiger partial charge is 0.465 e. The molecular formula is C73H105O6Y3-3. The zero-order valence-electron chi connectivity index (χ0n) is 55.0. The van der Waals surface area contributed by atoms with Gasteiger partial charge in [-0.25, -0.2) is 14.4 Å². The molecule has 0 unspecified atom stereocenters. The van der Waals surface area contributed by atoms with E-state index in [9.17, 15) is 14.4 Å². The number of carbonyl (C=O) groups excluding carboxylic acids is 3. The van der Waals surface area contributed by atoms with Crippen molar-refractivity contribution in [2.24, 2.45) is 16.2 Å². The summed E-state index contributed by atoms with van der Waals surface area (Å²) < 4.78 is 14.2. The first kappa shape index (κ1) is 97.1. The number of para-hydroxylation sites is 1. The van der Waals surface area contributed by atoms with Crippen LogP contribution in [0.15, 0.2) is 218 Å². The molecule has 0 N–H and O–H groups in total. The van der Waals surface area contributed by atoms with Crippen LogP contribution < -0.4 is 4.74 Å². The SMILES string of the molecule is CC.CC.CC.CC(C)(C)C.CC(C)(C)C.CC(C)(C)C.COC(=O)c1ccccc1.COC(=O)c1ccccc1.O=C(Oc1ccccc1)c1ccccc1.[CH3-].[CH3-].[CH3-].[Y].[Y].[Y].c1ccc2ccccc2c1.c1ccc2ccccc2c1. The normalized spacial score (nSPS) is 8.78. The molecule has 0 heterocycles. The van der Waals surface area contributed by atoms with Crippen molar-refractivity contribution in [3.63, 3.8) is 0 Å². The minimum atomic E-state index is -0.332. The topological polar surface area (TPSA) is 78.9 Å². The molecule has 0 aliphatic heterocycles. The number of hydrogen-bond donors (Lipinski definition) is 0. The van der Waals surface area contributed by atoms with Gasteiger partial charge >= 0.3 is 17.9 Å². The van der Waals surface area contributed by atoms with E-state index in [1.807, 2.05) is 90.1 Å². The molecule has 0 atom stereocenters. The van der Waals surface area contributed by atoms with E-state index in [1.165, 1.54) is 35.8 Å². The third-order valence-electron chi connectivity index (χ3n) is 7.67. The van der Waals surface area contributed by atoms with Gasteiger partial charge in [-0.3, -0.25) is 0 Å². The number of fused-ring (bicyclic) bond motifs is 2. The van der Waals surface area contributed by atoms with Gasteiger partial charge in [0.05, 0.1) is 30.9 Å². The number of benzene rings is 8. The van der Waals surface area contributed by atoms with Crippen molar-refractivity contribution >= 4 is 39.5 Å². The van der Waals surface area contributed by atoms with Crippen LogP contribution in [0, 0.1) is 38.5 Å². The van der Waals surface area contributed by atoms with E-state index >= 15 is 0 Å². The maximum Gasteiger partial charge on any atom is 0.343 e. The number of ether oxygens (including phenoxy) is 3. The predicted molar refractivity (Wildman–Crippen MR) is 350 cm³/mol. The molecule has 8 aromatic carbocycles. The van der Waals surface area contributed by atoms with Gasteiger partial charge in [0.15, 0.2) is 0 Å². The predicted octanol–water partition coefficient (Wildman–Crippen LogP) is 22.1. The summed E-state index contributed by atoms with van der Waals surface area (Å²) in [6, 6.07) is 69.1. The Morgan fingerprint density at radius 3 is 0.585 bits per heavy atom. The zero-order valence-corrected chi connectivity index (χ0v) is 63.5.